The van der Waals surface area contributed by atoms with E-state index in [9.17, 15) is 19.8 Å². The Balaban J connectivity index is 0.000000160. The molecule has 0 radical (unpaired) electrons. The Morgan fingerprint density at radius 3 is 1.25 bits per heavy atom. The third-order valence-corrected chi connectivity index (χ3v) is 28.5. The number of carbonyl (C=O) groups is 2. The summed E-state index contributed by atoms with van der Waals surface area (Å²) in [4.78, 5) is 28.1. The van der Waals surface area contributed by atoms with Crippen molar-refractivity contribution in [3.63, 3.8) is 0 Å². The van der Waals surface area contributed by atoms with Crippen LogP contribution in [0.15, 0.2) is 48.6 Å². The minimum Gasteiger partial charge on any atom is -0.393 e. The smallest absolute Gasteiger partial charge is 0.172 e. The van der Waals surface area contributed by atoms with Crippen molar-refractivity contribution in [2.75, 3.05) is 20.0 Å². The van der Waals surface area contributed by atoms with Gasteiger partial charge in [0, 0.05) is 147 Å². The molecule has 20 fully saturated rings. The van der Waals surface area contributed by atoms with E-state index in [0.29, 0.717) is 82.3 Å². The van der Waals surface area contributed by atoms with Crippen molar-refractivity contribution in [1.82, 2.24) is 0 Å². The van der Waals surface area contributed by atoms with Gasteiger partial charge in [0.2, 0.25) is 0 Å². The second-order valence-corrected chi connectivity index (χ2v) is 35.3. The first-order valence-corrected chi connectivity index (χ1v) is 41.2. The zero-order valence-electron chi connectivity index (χ0n) is 62.3. The number of methoxy groups -OCH3 is 2. The third kappa shape index (κ3) is 15.5. The fourth-order valence-corrected chi connectivity index (χ4v) is 22.8. The number of ether oxygens (including phenoxy) is 18. The summed E-state index contributed by atoms with van der Waals surface area (Å²) in [5.74, 6) is -0.794. The molecule has 38 atom stereocenters. The third-order valence-electron chi connectivity index (χ3n) is 28.1. The number of hydrogen-bond acceptors (Lipinski definition) is 23. The van der Waals surface area contributed by atoms with Crippen LogP contribution in [0.3, 0.4) is 0 Å². The zero-order valence-corrected chi connectivity index (χ0v) is 63.9. The van der Waals surface area contributed by atoms with Gasteiger partial charge in [0.1, 0.15) is 72.6 Å². The summed E-state index contributed by atoms with van der Waals surface area (Å²) in [6.45, 7) is 24.3. The second-order valence-electron chi connectivity index (χ2n) is 35.0. The van der Waals surface area contributed by atoms with Crippen LogP contribution in [0.4, 0.5) is 0 Å². The number of Topliss-reactive ketones (excluding diaryl/α,β-unsaturated/α-hetero) is 2. The number of carbonyl (C=O) groups excluding carboxylic acids is 2. The molecule has 588 valence electrons. The van der Waals surface area contributed by atoms with Gasteiger partial charge >= 0.3 is 0 Å². The predicted octanol–water partition coefficient (Wildman–Crippen LogP) is 9.30. The summed E-state index contributed by atoms with van der Waals surface area (Å²) in [5.41, 5.74) is 4.44. The summed E-state index contributed by atoms with van der Waals surface area (Å²) in [7, 11) is 3.36. The van der Waals surface area contributed by atoms with Gasteiger partial charge in [0.05, 0.1) is 134 Å². The van der Waals surface area contributed by atoms with Crippen molar-refractivity contribution >= 4 is 24.2 Å². The molecule has 0 saturated carbocycles. The molecule has 20 saturated heterocycles. The summed E-state index contributed by atoms with van der Waals surface area (Å²) in [6.07, 6.45) is 11.5. The average molecular weight is 1520 g/mol. The van der Waals surface area contributed by atoms with Crippen molar-refractivity contribution in [3.8, 4) is 0 Å². The van der Waals surface area contributed by atoms with Crippen molar-refractivity contribution in [1.29, 1.82) is 0 Å². The molecule has 20 heterocycles. The van der Waals surface area contributed by atoms with Crippen LogP contribution < -0.4 is 0 Å². The van der Waals surface area contributed by atoms with Crippen molar-refractivity contribution < 1.29 is 143 Å². The number of aliphatic hydroxyl groups is 2. The molecule has 38 unspecified atom stereocenters. The Bertz CT molecular complexity index is 2960. The van der Waals surface area contributed by atoms with E-state index in [4.69, 9.17) is 85.3 Å². The van der Waals surface area contributed by atoms with E-state index >= 15 is 0 Å². The number of thiol groups is 1. The fraction of sp³-hybridized carbons (Fsp3) is 0.877. The first-order valence-electron chi connectivity index (χ1n) is 40.6. The van der Waals surface area contributed by atoms with Crippen LogP contribution in [-0.2, 0) is 94.9 Å². The van der Waals surface area contributed by atoms with Gasteiger partial charge in [-0.3, -0.25) is 9.59 Å². The molecule has 20 aliphatic rings. The Morgan fingerprint density at radius 2 is 0.819 bits per heavy atom. The topological polar surface area (TPSA) is 241 Å². The number of ketones is 2. The van der Waals surface area contributed by atoms with Crippen molar-refractivity contribution in [2.24, 2.45) is 23.7 Å². The van der Waals surface area contributed by atoms with Crippen LogP contribution in [-0.4, -0.2) is 249 Å². The zero-order chi connectivity index (χ0) is 71.8. The number of aliphatic hydroxyl groups excluding tert-OH is 2. The van der Waals surface area contributed by atoms with Gasteiger partial charge in [0.25, 0.3) is 0 Å². The second kappa shape index (κ2) is 32.1. The van der Waals surface area contributed by atoms with E-state index in [1.165, 1.54) is 0 Å². The maximum atomic E-state index is 14.1. The Morgan fingerprint density at radius 1 is 0.429 bits per heavy atom. The van der Waals surface area contributed by atoms with Crippen LogP contribution in [0.25, 0.3) is 0 Å². The molecule has 24 bridgehead atoms. The molecule has 0 amide bonds. The van der Waals surface area contributed by atoms with Crippen LogP contribution >= 0.6 is 12.6 Å². The van der Waals surface area contributed by atoms with Gasteiger partial charge in [-0.05, 0) is 130 Å². The van der Waals surface area contributed by atoms with E-state index in [0.717, 1.165) is 112 Å². The Hall–Kier alpha value is -0.890. The van der Waals surface area contributed by atoms with Gasteiger partial charge < -0.3 is 95.5 Å². The molecule has 0 aromatic heterocycles. The quantitative estimate of drug-likeness (QED) is 0.151. The predicted molar refractivity (Wildman–Crippen MR) is 379 cm³/mol. The first kappa shape index (κ1) is 78.0. The van der Waals surface area contributed by atoms with Gasteiger partial charge in [-0.25, -0.2) is 0 Å². The van der Waals surface area contributed by atoms with Gasteiger partial charge in [-0.2, -0.15) is 12.6 Å². The van der Waals surface area contributed by atoms with Gasteiger partial charge in [-0.15, -0.1) is 0 Å². The van der Waals surface area contributed by atoms with Gasteiger partial charge in [0.15, 0.2) is 11.6 Å². The van der Waals surface area contributed by atoms with E-state index in [1.807, 2.05) is 6.92 Å². The fourth-order valence-electron chi connectivity index (χ4n) is 22.6. The molecule has 0 aliphatic carbocycles. The van der Waals surface area contributed by atoms with Crippen molar-refractivity contribution in [3.05, 3.63) is 48.6 Å². The molecule has 20 rings (SSSR count). The number of fused-ring (bicyclic) bond motifs is 12. The largest absolute Gasteiger partial charge is 0.393 e. The summed E-state index contributed by atoms with van der Waals surface area (Å²) in [5, 5.41) is 21.2. The Labute approximate surface area is 655 Å². The minimum absolute atomic E-state index is 0. The molecule has 2 spiro atoms. The van der Waals surface area contributed by atoms with Crippen LogP contribution in [0.2, 0.25) is 0 Å². The normalized spacial score (nSPS) is 51.9. The first-order chi connectivity index (χ1) is 50.2. The Kier molecular flexibility index (Phi) is 23.8. The molecule has 105 heavy (non-hydrogen) atoms. The number of rotatable bonds is 8. The van der Waals surface area contributed by atoms with E-state index < -0.39 is 23.8 Å². The monoisotopic (exact) mass is 1510 g/mol. The standard InChI is InChI=1S/C41H60O11.C40H58O11S.Ar/c1-6-23(42)17-33-35(44-5)28-16-24(43)15-26-8-10-30-36(47-26)40-39-38(49-30)37-34(50-39)19-41(51-37,52-40)12-11-27-14-21(3)29(45-27)9-7-25-13-20(2)22(4)31(46-25)18-32(28)48-33;1-19-11-24-5-7-28-20(2)12-26(44-28)9-10-40-17-33-36(50-40)37-38(49-33)39(51-40)35-29(48-37)8-6-25(46-35)13-22(41)14-27-31(16-30(45-24)21(19)3)47-32(34(27)43-4)15-23(42)18-52;/h20,23,25-40,42H,3-4,6-19H2,1-2,5H3;19,23-39,42,52H,2-3,5-18H2,1,4H3;. The van der Waals surface area contributed by atoms with Gasteiger partial charge in [-0.1, -0.05) is 47.1 Å². The number of hydrogen-bond donors (Lipinski definition) is 3. The van der Waals surface area contributed by atoms with E-state index in [2.05, 4.69) is 52.8 Å². The molecule has 0 aromatic carbocycles. The molecule has 22 nitrogen and oxygen atoms in total. The van der Waals surface area contributed by atoms with Crippen LogP contribution in [0.1, 0.15) is 194 Å². The molecule has 2 N–H and O–H groups in total. The molecule has 24 heteroatoms. The van der Waals surface area contributed by atoms with Crippen LogP contribution in [0.5, 0.6) is 0 Å². The molecular weight excluding hydrogens is 1400 g/mol. The van der Waals surface area contributed by atoms with Crippen LogP contribution in [0, 0.1) is 61.4 Å². The molecule has 20 aliphatic heterocycles. The molecule has 0 aromatic rings. The van der Waals surface area contributed by atoms with E-state index in [-0.39, 0.29) is 263 Å². The average Bonchev–Trinajstić information content (AvgIpc) is 1.83. The SMILES string of the molecule is C=C1CC2CCC34CC5OC6C(OC7CCC(CC(=O)CC8C(CC9OC(CCC1O2)CC(C)C9=C)OC(CC(O)CC)C8OC)OC7C6O3)C5O4.C=C1CC2CCC34CC5OC6C(OC7CCC(CC(=O)CC8C(CC9OC(CCC1O2)CC(C)C9=C)OC(CC(O)CS)C8OC)OC7C6O3)C5O4.[Ar]. The molecular formula is C81H118ArO22S. The maximum Gasteiger partial charge on any atom is 0.172 e. The summed E-state index contributed by atoms with van der Waals surface area (Å²) < 4.78 is 120. The summed E-state index contributed by atoms with van der Waals surface area (Å²) in [6, 6.07) is 0. The van der Waals surface area contributed by atoms with E-state index in [1.54, 1.807) is 14.2 Å². The minimum atomic E-state index is -0.777. The van der Waals surface area contributed by atoms with Crippen molar-refractivity contribution in [2.45, 2.75) is 401 Å². The summed E-state index contributed by atoms with van der Waals surface area (Å²) >= 11 is 4.32. The maximum absolute atomic E-state index is 14.1.